The van der Waals surface area contributed by atoms with Crippen LogP contribution in [0.4, 0.5) is 4.39 Å². The number of hydrogen-bond donors (Lipinski definition) is 2. The molecular formula is C8H17FN2O. The van der Waals surface area contributed by atoms with Crippen molar-refractivity contribution in [3.63, 3.8) is 0 Å². The average molecular weight is 176 g/mol. The van der Waals surface area contributed by atoms with Gasteiger partial charge in [-0.25, -0.2) is 4.39 Å². The molecule has 4 heteroatoms. The molecule has 0 saturated carbocycles. The molecule has 1 fully saturated rings. The molecule has 0 radical (unpaired) electrons. The number of ether oxygens (including phenoxy) is 1. The van der Waals surface area contributed by atoms with E-state index in [0.29, 0.717) is 0 Å². The second-order valence-corrected chi connectivity index (χ2v) is 3.44. The highest BCUT2D eigenvalue weighted by Gasteiger charge is 2.29. The maximum atomic E-state index is 12.2. The zero-order chi connectivity index (χ0) is 9.14. The highest BCUT2D eigenvalue weighted by atomic mass is 19.1. The molecule has 0 bridgehead atoms. The standard InChI is InChI=1S/C8H17FN2O/c1-5-6(10)2-3-8(12-5)7(11)4-9/h5-8H,2-4,10-11H2,1H3/t5-,6-,7-,8+/m1/s1. The van der Waals surface area contributed by atoms with Crippen LogP contribution < -0.4 is 11.5 Å². The first-order valence-electron chi connectivity index (χ1n) is 4.37. The first-order chi connectivity index (χ1) is 5.65. The Kier molecular flexibility index (Phi) is 3.43. The molecule has 0 aromatic rings. The van der Waals surface area contributed by atoms with E-state index in [1.807, 2.05) is 6.92 Å². The topological polar surface area (TPSA) is 61.3 Å². The zero-order valence-corrected chi connectivity index (χ0v) is 7.37. The van der Waals surface area contributed by atoms with E-state index in [1.54, 1.807) is 0 Å². The van der Waals surface area contributed by atoms with Gasteiger partial charge >= 0.3 is 0 Å². The molecule has 1 heterocycles. The van der Waals surface area contributed by atoms with Gasteiger partial charge in [-0.1, -0.05) is 0 Å². The van der Waals surface area contributed by atoms with Gasteiger partial charge in [0.25, 0.3) is 0 Å². The van der Waals surface area contributed by atoms with E-state index in [-0.39, 0.29) is 18.2 Å². The zero-order valence-electron chi connectivity index (χ0n) is 7.37. The predicted molar refractivity (Wildman–Crippen MR) is 45.5 cm³/mol. The fourth-order valence-electron chi connectivity index (χ4n) is 1.45. The molecule has 3 nitrogen and oxygen atoms in total. The maximum Gasteiger partial charge on any atom is 0.107 e. The van der Waals surface area contributed by atoms with Crippen LogP contribution in [0.1, 0.15) is 19.8 Å². The van der Waals surface area contributed by atoms with Gasteiger partial charge in [0.05, 0.1) is 18.2 Å². The lowest BCUT2D eigenvalue weighted by molar-refractivity contribution is -0.0645. The molecule has 4 N–H and O–H groups in total. The fourth-order valence-corrected chi connectivity index (χ4v) is 1.45. The highest BCUT2D eigenvalue weighted by molar-refractivity contribution is 4.83. The summed E-state index contributed by atoms with van der Waals surface area (Å²) in [6.45, 7) is 1.38. The molecule has 0 aromatic heterocycles. The van der Waals surface area contributed by atoms with Crippen LogP contribution in [0.3, 0.4) is 0 Å². The third-order valence-electron chi connectivity index (χ3n) is 2.43. The van der Waals surface area contributed by atoms with Gasteiger partial charge in [-0.2, -0.15) is 0 Å². The molecule has 1 aliphatic heterocycles. The van der Waals surface area contributed by atoms with Crippen LogP contribution in [-0.4, -0.2) is 31.0 Å². The summed E-state index contributed by atoms with van der Waals surface area (Å²) in [5.41, 5.74) is 11.2. The van der Waals surface area contributed by atoms with Crippen molar-refractivity contribution in [2.24, 2.45) is 11.5 Å². The lowest BCUT2D eigenvalue weighted by Crippen LogP contribution is -2.49. The van der Waals surface area contributed by atoms with Crippen LogP contribution in [0.2, 0.25) is 0 Å². The maximum absolute atomic E-state index is 12.2. The molecule has 0 amide bonds. The van der Waals surface area contributed by atoms with Gasteiger partial charge in [-0.05, 0) is 19.8 Å². The van der Waals surface area contributed by atoms with Gasteiger partial charge in [0.1, 0.15) is 6.67 Å². The van der Waals surface area contributed by atoms with Crippen molar-refractivity contribution >= 4 is 0 Å². The van der Waals surface area contributed by atoms with E-state index in [9.17, 15) is 4.39 Å². The summed E-state index contributed by atoms with van der Waals surface area (Å²) in [5, 5.41) is 0. The molecule has 0 aromatic carbocycles. The molecule has 12 heavy (non-hydrogen) atoms. The lowest BCUT2D eigenvalue weighted by Gasteiger charge is -2.34. The molecule has 0 unspecified atom stereocenters. The monoisotopic (exact) mass is 176 g/mol. The molecule has 4 atom stereocenters. The predicted octanol–water partition coefficient (Wildman–Crippen LogP) is 0.178. The van der Waals surface area contributed by atoms with Crippen molar-refractivity contribution in [1.29, 1.82) is 0 Å². The van der Waals surface area contributed by atoms with Crippen molar-refractivity contribution < 1.29 is 9.13 Å². The van der Waals surface area contributed by atoms with Crippen molar-refractivity contribution in [3.8, 4) is 0 Å². The summed E-state index contributed by atoms with van der Waals surface area (Å²) < 4.78 is 17.6. The van der Waals surface area contributed by atoms with Crippen LogP contribution in [-0.2, 0) is 4.74 Å². The van der Waals surface area contributed by atoms with Gasteiger partial charge in [-0.15, -0.1) is 0 Å². The SMILES string of the molecule is C[C@H]1O[C@H]([C@H](N)CF)CC[C@H]1N. The van der Waals surface area contributed by atoms with Crippen LogP contribution in [0, 0.1) is 0 Å². The number of halogens is 1. The summed E-state index contributed by atoms with van der Waals surface area (Å²) in [4.78, 5) is 0. The first-order valence-corrected chi connectivity index (χ1v) is 4.37. The smallest absolute Gasteiger partial charge is 0.107 e. The number of hydrogen-bond acceptors (Lipinski definition) is 3. The minimum atomic E-state index is -0.521. The summed E-state index contributed by atoms with van der Waals surface area (Å²) in [6, 6.07) is -0.409. The summed E-state index contributed by atoms with van der Waals surface area (Å²) >= 11 is 0. The van der Waals surface area contributed by atoms with E-state index in [2.05, 4.69) is 0 Å². The highest BCUT2D eigenvalue weighted by Crippen LogP contribution is 2.19. The summed E-state index contributed by atoms with van der Waals surface area (Å²) in [6.07, 6.45) is 1.50. The number of nitrogens with two attached hydrogens (primary N) is 2. The van der Waals surface area contributed by atoms with Gasteiger partial charge in [0.15, 0.2) is 0 Å². The van der Waals surface area contributed by atoms with E-state index in [0.717, 1.165) is 12.8 Å². The van der Waals surface area contributed by atoms with E-state index in [4.69, 9.17) is 16.2 Å². The molecule has 0 aliphatic carbocycles. The molecule has 1 aliphatic rings. The van der Waals surface area contributed by atoms with Gasteiger partial charge < -0.3 is 16.2 Å². The molecule has 72 valence electrons. The van der Waals surface area contributed by atoms with Crippen LogP contribution >= 0.6 is 0 Å². The minimum absolute atomic E-state index is 0.00125. The molecule has 1 saturated heterocycles. The molecule has 0 spiro atoms. The summed E-state index contributed by atoms with van der Waals surface area (Å²) in [5.74, 6) is 0. The largest absolute Gasteiger partial charge is 0.372 e. The van der Waals surface area contributed by atoms with Crippen LogP contribution in [0.15, 0.2) is 0 Å². The van der Waals surface area contributed by atoms with E-state index < -0.39 is 12.7 Å². The Labute approximate surface area is 72.2 Å². The molecular weight excluding hydrogens is 159 g/mol. The Morgan fingerprint density at radius 3 is 2.75 bits per heavy atom. The van der Waals surface area contributed by atoms with Crippen molar-refractivity contribution in [1.82, 2.24) is 0 Å². The second kappa shape index (κ2) is 4.16. The lowest BCUT2D eigenvalue weighted by atomic mass is 9.97. The first kappa shape index (κ1) is 9.89. The number of alkyl halides is 1. The van der Waals surface area contributed by atoms with E-state index in [1.165, 1.54) is 0 Å². The Morgan fingerprint density at radius 1 is 1.58 bits per heavy atom. The third kappa shape index (κ3) is 2.15. The Bertz CT molecular complexity index is 145. The number of rotatable bonds is 2. The summed E-state index contributed by atoms with van der Waals surface area (Å²) in [7, 11) is 0. The van der Waals surface area contributed by atoms with Gasteiger partial charge in [0, 0.05) is 6.04 Å². The van der Waals surface area contributed by atoms with Gasteiger partial charge in [0.2, 0.25) is 0 Å². The van der Waals surface area contributed by atoms with Crippen LogP contribution in [0.25, 0.3) is 0 Å². The van der Waals surface area contributed by atoms with Crippen molar-refractivity contribution in [3.05, 3.63) is 0 Å². The third-order valence-corrected chi connectivity index (χ3v) is 2.43. The van der Waals surface area contributed by atoms with Gasteiger partial charge in [-0.3, -0.25) is 0 Å². The van der Waals surface area contributed by atoms with E-state index >= 15 is 0 Å². The van der Waals surface area contributed by atoms with Crippen LogP contribution in [0.5, 0.6) is 0 Å². The quantitative estimate of drug-likeness (QED) is 0.631. The normalized spacial score (nSPS) is 39.5. The Balaban J connectivity index is 2.39. The Hall–Kier alpha value is -0.190. The van der Waals surface area contributed by atoms with Crippen molar-refractivity contribution in [2.45, 2.75) is 44.1 Å². The second-order valence-electron chi connectivity index (χ2n) is 3.44. The van der Waals surface area contributed by atoms with Crippen molar-refractivity contribution in [2.75, 3.05) is 6.67 Å². The minimum Gasteiger partial charge on any atom is -0.372 e. The molecule has 1 rings (SSSR count). The average Bonchev–Trinajstić information content (AvgIpc) is 2.08. The fraction of sp³-hybridized carbons (Fsp3) is 1.00. The Morgan fingerprint density at radius 2 is 2.25 bits per heavy atom.